The van der Waals surface area contributed by atoms with Crippen LogP contribution in [0.15, 0.2) is 12.1 Å². The van der Waals surface area contributed by atoms with Gasteiger partial charge in [0.1, 0.15) is 11.9 Å². The lowest BCUT2D eigenvalue weighted by Gasteiger charge is -2.44. The molecular formula is C26H37F3N4O4. The number of carbonyl (C=O) groups excluding carboxylic acids is 3. The maximum Gasteiger partial charge on any atom is 0.245 e. The van der Waals surface area contributed by atoms with Crippen molar-refractivity contribution in [2.75, 3.05) is 19.6 Å². The highest BCUT2D eigenvalue weighted by Gasteiger charge is 2.41. The van der Waals surface area contributed by atoms with Crippen LogP contribution in [0, 0.1) is 34.7 Å². The van der Waals surface area contributed by atoms with Crippen molar-refractivity contribution in [3.8, 4) is 0 Å². The number of halogens is 3. The van der Waals surface area contributed by atoms with Crippen molar-refractivity contribution in [1.82, 2.24) is 20.6 Å². The second-order valence-corrected chi connectivity index (χ2v) is 11.3. The van der Waals surface area contributed by atoms with Gasteiger partial charge in [-0.25, -0.2) is 18.2 Å². The van der Waals surface area contributed by atoms with Crippen molar-refractivity contribution in [2.45, 2.75) is 71.5 Å². The van der Waals surface area contributed by atoms with Crippen LogP contribution in [-0.2, 0) is 20.9 Å². The highest BCUT2D eigenvalue weighted by Crippen LogP contribution is 2.31. The zero-order valence-electron chi connectivity index (χ0n) is 21.6. The maximum absolute atomic E-state index is 13.9. The van der Waals surface area contributed by atoms with Crippen molar-refractivity contribution in [2.24, 2.45) is 17.3 Å². The van der Waals surface area contributed by atoms with Gasteiger partial charge in [-0.15, -0.1) is 0 Å². The summed E-state index contributed by atoms with van der Waals surface area (Å²) in [5.74, 6) is -4.19. The van der Waals surface area contributed by atoms with Crippen molar-refractivity contribution in [3.05, 3.63) is 35.1 Å². The number of hydrogen-bond donors (Lipinski definition) is 3. The Kier molecular flexibility index (Phi) is 9.57. The van der Waals surface area contributed by atoms with E-state index in [1.807, 2.05) is 20.8 Å². The summed E-state index contributed by atoms with van der Waals surface area (Å²) < 4.78 is 40.4. The van der Waals surface area contributed by atoms with Gasteiger partial charge in [-0.2, -0.15) is 0 Å². The van der Waals surface area contributed by atoms with Crippen LogP contribution in [0.1, 0.15) is 58.4 Å². The molecule has 1 saturated heterocycles. The zero-order valence-corrected chi connectivity index (χ0v) is 21.6. The fourth-order valence-corrected chi connectivity index (χ4v) is 5.01. The number of hydroxylamine groups is 2. The Morgan fingerprint density at radius 2 is 1.76 bits per heavy atom. The Morgan fingerprint density at radius 3 is 2.35 bits per heavy atom. The van der Waals surface area contributed by atoms with Gasteiger partial charge < -0.3 is 15.5 Å². The number of likely N-dealkylation sites (tertiary alicyclic amines) is 1. The van der Waals surface area contributed by atoms with E-state index in [1.54, 1.807) is 4.90 Å². The molecule has 1 aromatic carbocycles. The van der Waals surface area contributed by atoms with E-state index in [9.17, 15) is 32.8 Å². The van der Waals surface area contributed by atoms with Gasteiger partial charge in [0.15, 0.2) is 11.6 Å². The van der Waals surface area contributed by atoms with Gasteiger partial charge in [-0.05, 0) is 23.8 Å². The van der Waals surface area contributed by atoms with Crippen LogP contribution in [0.3, 0.4) is 0 Å². The molecule has 1 aliphatic heterocycles. The first-order valence-electron chi connectivity index (χ1n) is 12.8. The Labute approximate surface area is 215 Å². The van der Waals surface area contributed by atoms with Gasteiger partial charge in [0.2, 0.25) is 18.2 Å². The van der Waals surface area contributed by atoms with E-state index in [1.165, 1.54) is 0 Å². The van der Waals surface area contributed by atoms with Crippen LogP contribution in [0.25, 0.3) is 0 Å². The number of nitrogens with zero attached hydrogens (tertiary/aromatic N) is 2. The highest BCUT2D eigenvalue weighted by molar-refractivity contribution is 5.89. The number of amides is 3. The molecule has 2 aliphatic rings. The summed E-state index contributed by atoms with van der Waals surface area (Å²) in [6.07, 6.45) is 4.96. The molecule has 0 unspecified atom stereocenters. The van der Waals surface area contributed by atoms with E-state index in [2.05, 4.69) is 10.6 Å². The van der Waals surface area contributed by atoms with Gasteiger partial charge in [0.25, 0.3) is 0 Å². The SMILES string of the molecule is CC(C)(C)[C@H](NC(=O)[C@H](CC1CCCC1)CN(O)C=O)C(=O)N1CC(NCc2cc(F)c(F)cc2F)C1. The molecule has 2 fully saturated rings. The Bertz CT molecular complexity index is 975. The van der Waals surface area contributed by atoms with E-state index in [4.69, 9.17) is 0 Å². The normalized spacial score (nSPS) is 18.3. The average Bonchev–Trinajstić information content (AvgIpc) is 3.31. The van der Waals surface area contributed by atoms with E-state index < -0.39 is 34.8 Å². The van der Waals surface area contributed by atoms with Crippen LogP contribution >= 0.6 is 0 Å². The van der Waals surface area contributed by atoms with Crippen molar-refractivity contribution >= 4 is 18.2 Å². The first kappa shape index (κ1) is 28.9. The largest absolute Gasteiger partial charge is 0.344 e. The molecule has 1 saturated carbocycles. The minimum absolute atomic E-state index is 0.00920. The summed E-state index contributed by atoms with van der Waals surface area (Å²) in [6.45, 7) is 5.98. The zero-order chi connectivity index (χ0) is 27.3. The highest BCUT2D eigenvalue weighted by atomic mass is 19.2. The summed E-state index contributed by atoms with van der Waals surface area (Å²) in [4.78, 5) is 39.1. The second-order valence-electron chi connectivity index (χ2n) is 11.3. The van der Waals surface area contributed by atoms with E-state index in [0.717, 1.165) is 31.7 Å². The van der Waals surface area contributed by atoms with Crippen LogP contribution < -0.4 is 10.6 Å². The van der Waals surface area contributed by atoms with Crippen LogP contribution in [0.4, 0.5) is 13.2 Å². The third-order valence-electron chi connectivity index (χ3n) is 7.26. The van der Waals surface area contributed by atoms with Gasteiger partial charge in [0, 0.05) is 37.3 Å². The minimum atomic E-state index is -1.25. The number of rotatable bonds is 11. The average molecular weight is 527 g/mol. The topological polar surface area (TPSA) is 102 Å². The summed E-state index contributed by atoms with van der Waals surface area (Å²) in [5, 5.41) is 16.1. The number of hydrogen-bond acceptors (Lipinski definition) is 5. The van der Waals surface area contributed by atoms with Gasteiger partial charge >= 0.3 is 0 Å². The Morgan fingerprint density at radius 1 is 1.14 bits per heavy atom. The molecule has 206 valence electrons. The second kappa shape index (κ2) is 12.3. The molecule has 0 spiro atoms. The lowest BCUT2D eigenvalue weighted by atomic mass is 9.84. The lowest BCUT2D eigenvalue weighted by molar-refractivity contribution is -0.156. The molecule has 37 heavy (non-hydrogen) atoms. The number of benzene rings is 1. The molecule has 0 radical (unpaired) electrons. The first-order valence-corrected chi connectivity index (χ1v) is 12.8. The minimum Gasteiger partial charge on any atom is -0.344 e. The molecule has 11 heteroatoms. The first-order chi connectivity index (χ1) is 17.4. The van der Waals surface area contributed by atoms with E-state index in [0.29, 0.717) is 36.6 Å². The molecule has 1 aliphatic carbocycles. The predicted octanol–water partition coefficient (Wildman–Crippen LogP) is 2.98. The lowest BCUT2D eigenvalue weighted by Crippen LogP contribution is -2.65. The molecule has 3 N–H and O–H groups in total. The molecule has 3 amide bonds. The smallest absolute Gasteiger partial charge is 0.245 e. The van der Waals surface area contributed by atoms with E-state index in [-0.39, 0.29) is 42.9 Å². The molecule has 2 atom stereocenters. The van der Waals surface area contributed by atoms with Gasteiger partial charge in [0.05, 0.1) is 12.5 Å². The maximum atomic E-state index is 13.9. The van der Waals surface area contributed by atoms with Crippen LogP contribution in [0.5, 0.6) is 0 Å². The standard InChI is InChI=1S/C26H37F3N4O4/c1-26(2,3)23(31-24(35)18(12-33(37)15-34)8-16-6-4-5-7-16)25(36)32-13-19(14-32)30-11-17-9-21(28)22(29)10-20(17)27/h9-10,15-16,18-19,23,30,37H,4-8,11-14H2,1-3H3,(H,31,35)/t18-,23-/m1/s1. The van der Waals surface area contributed by atoms with Crippen LogP contribution in [0.2, 0.25) is 0 Å². The Hall–Kier alpha value is -2.66. The summed E-state index contributed by atoms with van der Waals surface area (Å²) >= 11 is 0. The number of nitrogens with one attached hydrogen (secondary N) is 2. The molecule has 0 bridgehead atoms. The molecular weight excluding hydrogens is 489 g/mol. The van der Waals surface area contributed by atoms with Gasteiger partial charge in [-0.1, -0.05) is 46.5 Å². The fraction of sp³-hybridized carbons (Fsp3) is 0.654. The third-order valence-corrected chi connectivity index (χ3v) is 7.26. The Balaban J connectivity index is 1.58. The molecule has 3 rings (SSSR count). The fourth-order valence-electron chi connectivity index (χ4n) is 5.01. The van der Waals surface area contributed by atoms with Crippen LogP contribution in [-0.4, -0.2) is 65.1 Å². The molecule has 1 heterocycles. The molecule has 8 nitrogen and oxygen atoms in total. The van der Waals surface area contributed by atoms with Crippen molar-refractivity contribution in [1.29, 1.82) is 0 Å². The molecule has 0 aromatic heterocycles. The molecule has 1 aromatic rings. The summed E-state index contributed by atoms with van der Waals surface area (Å²) in [7, 11) is 0. The monoisotopic (exact) mass is 526 g/mol. The summed E-state index contributed by atoms with van der Waals surface area (Å²) in [6, 6.07) is 0.312. The van der Waals surface area contributed by atoms with Crippen molar-refractivity contribution < 1.29 is 32.8 Å². The third kappa shape index (κ3) is 7.67. The summed E-state index contributed by atoms with van der Waals surface area (Å²) in [5.41, 5.74) is -0.619. The van der Waals surface area contributed by atoms with Gasteiger partial charge in [-0.3, -0.25) is 19.6 Å². The van der Waals surface area contributed by atoms with Crippen molar-refractivity contribution in [3.63, 3.8) is 0 Å². The number of carbonyl (C=O) groups is 3. The predicted molar refractivity (Wildman–Crippen MR) is 130 cm³/mol. The van der Waals surface area contributed by atoms with E-state index >= 15 is 0 Å². The quantitative estimate of drug-likeness (QED) is 0.178.